The second kappa shape index (κ2) is 4.33. The Hall–Kier alpha value is -2.83. The van der Waals surface area contributed by atoms with Crippen LogP contribution in [-0.4, -0.2) is 11.6 Å². The number of nitrogens with two attached hydrogens (primary N) is 2. The van der Waals surface area contributed by atoms with Crippen molar-refractivity contribution in [2.75, 3.05) is 11.5 Å². The predicted molar refractivity (Wildman–Crippen MR) is 73.6 cm³/mol. The number of nitrogen functional groups attached to an aromatic ring is 2. The van der Waals surface area contributed by atoms with Crippen molar-refractivity contribution in [3.63, 3.8) is 0 Å². The number of rotatable bonds is 0. The summed E-state index contributed by atoms with van der Waals surface area (Å²) < 4.78 is 39.0. The molecule has 0 aromatic heterocycles. The smallest absolute Gasteiger partial charge is 0.397 e. The van der Waals surface area contributed by atoms with E-state index in [0.717, 1.165) is 0 Å². The van der Waals surface area contributed by atoms with Gasteiger partial charge in [-0.15, -0.1) is 0 Å². The number of hydrogen-bond donors (Lipinski definition) is 2. The van der Waals surface area contributed by atoms with E-state index >= 15 is 0 Å². The average molecular weight is 306 g/mol. The molecule has 0 heterocycles. The van der Waals surface area contributed by atoms with Gasteiger partial charge in [0.1, 0.15) is 0 Å². The van der Waals surface area contributed by atoms with Gasteiger partial charge in [0, 0.05) is 16.7 Å². The van der Waals surface area contributed by atoms with Crippen LogP contribution in [0.2, 0.25) is 0 Å². The fourth-order valence-electron chi connectivity index (χ4n) is 2.54. The van der Waals surface area contributed by atoms with Crippen LogP contribution in [-0.2, 0) is 6.18 Å². The molecule has 0 bridgehead atoms. The molecule has 0 saturated heterocycles. The highest BCUT2D eigenvalue weighted by molar-refractivity contribution is 6.30. The monoisotopic (exact) mass is 306 g/mol. The number of fused-ring (bicyclic) bond motifs is 2. The Morgan fingerprint density at radius 3 is 1.91 bits per heavy atom. The molecule has 1 aliphatic rings. The maximum absolute atomic E-state index is 13.0. The molecule has 2 aromatic carbocycles. The third-order valence-corrected chi connectivity index (χ3v) is 3.60. The van der Waals surface area contributed by atoms with Gasteiger partial charge >= 0.3 is 6.18 Å². The first-order valence-electron chi connectivity index (χ1n) is 6.21. The highest BCUT2D eigenvalue weighted by Gasteiger charge is 2.39. The Kier molecular flexibility index (Phi) is 2.78. The lowest BCUT2D eigenvalue weighted by atomic mass is 9.82. The number of halogens is 3. The van der Waals surface area contributed by atoms with Crippen LogP contribution in [0, 0.1) is 0 Å². The fraction of sp³-hybridized carbons (Fsp3) is 0.0667. The first-order valence-corrected chi connectivity index (χ1v) is 6.21. The second-order valence-electron chi connectivity index (χ2n) is 4.88. The largest absolute Gasteiger partial charge is 0.418 e. The molecular weight excluding hydrogens is 297 g/mol. The molecule has 3 rings (SSSR count). The predicted octanol–water partition coefficient (Wildman–Crippen LogP) is 2.65. The van der Waals surface area contributed by atoms with Gasteiger partial charge in [0.15, 0.2) is 11.6 Å². The van der Waals surface area contributed by atoms with Gasteiger partial charge in [0.25, 0.3) is 0 Å². The zero-order valence-corrected chi connectivity index (χ0v) is 11.0. The van der Waals surface area contributed by atoms with E-state index in [1.165, 1.54) is 18.2 Å². The highest BCUT2D eigenvalue weighted by Crippen LogP contribution is 2.42. The molecule has 4 N–H and O–H groups in total. The quantitative estimate of drug-likeness (QED) is 0.625. The van der Waals surface area contributed by atoms with E-state index in [2.05, 4.69) is 0 Å². The van der Waals surface area contributed by atoms with Crippen molar-refractivity contribution in [1.29, 1.82) is 0 Å². The minimum atomic E-state index is -4.77. The summed E-state index contributed by atoms with van der Waals surface area (Å²) >= 11 is 0. The van der Waals surface area contributed by atoms with Crippen LogP contribution >= 0.6 is 0 Å². The number of hydrogen-bond acceptors (Lipinski definition) is 4. The summed E-state index contributed by atoms with van der Waals surface area (Å²) in [6, 6.07) is 6.49. The second-order valence-corrected chi connectivity index (χ2v) is 4.88. The summed E-state index contributed by atoms with van der Waals surface area (Å²) in [6.45, 7) is 0. The van der Waals surface area contributed by atoms with Crippen LogP contribution in [0.25, 0.3) is 0 Å². The molecule has 0 radical (unpaired) electrons. The van der Waals surface area contributed by atoms with Gasteiger partial charge in [0.05, 0.1) is 22.5 Å². The molecular formula is C15H9F3N2O2. The minimum Gasteiger partial charge on any atom is -0.397 e. The van der Waals surface area contributed by atoms with Gasteiger partial charge in [-0.1, -0.05) is 24.3 Å². The average Bonchev–Trinajstić information content (AvgIpc) is 2.46. The topological polar surface area (TPSA) is 86.2 Å². The van der Waals surface area contributed by atoms with Crippen molar-refractivity contribution in [3.8, 4) is 0 Å². The minimum absolute atomic E-state index is 0.0531. The Morgan fingerprint density at radius 2 is 1.36 bits per heavy atom. The van der Waals surface area contributed by atoms with E-state index in [1.54, 1.807) is 6.07 Å². The number of ketones is 2. The van der Waals surface area contributed by atoms with Crippen molar-refractivity contribution in [2.24, 2.45) is 0 Å². The molecule has 4 nitrogen and oxygen atoms in total. The molecule has 0 spiro atoms. The lowest BCUT2D eigenvalue weighted by Crippen LogP contribution is -2.25. The maximum atomic E-state index is 13.0. The van der Waals surface area contributed by atoms with Crippen molar-refractivity contribution in [1.82, 2.24) is 0 Å². The molecule has 0 fully saturated rings. The van der Waals surface area contributed by atoms with E-state index in [9.17, 15) is 22.8 Å². The third-order valence-electron chi connectivity index (χ3n) is 3.60. The maximum Gasteiger partial charge on any atom is 0.418 e. The van der Waals surface area contributed by atoms with Gasteiger partial charge in [-0.2, -0.15) is 13.2 Å². The van der Waals surface area contributed by atoms with E-state index in [-0.39, 0.29) is 22.3 Å². The summed E-state index contributed by atoms with van der Waals surface area (Å²) in [5.74, 6) is -1.29. The molecule has 0 amide bonds. The van der Waals surface area contributed by atoms with E-state index in [1.807, 2.05) is 0 Å². The van der Waals surface area contributed by atoms with Crippen molar-refractivity contribution in [2.45, 2.75) is 6.18 Å². The number of alkyl halides is 3. The summed E-state index contributed by atoms with van der Waals surface area (Å²) in [6.07, 6.45) is -4.77. The van der Waals surface area contributed by atoms with Crippen molar-refractivity contribution >= 4 is 22.9 Å². The van der Waals surface area contributed by atoms with Gasteiger partial charge < -0.3 is 11.5 Å². The van der Waals surface area contributed by atoms with E-state index < -0.39 is 34.7 Å². The van der Waals surface area contributed by atoms with Crippen LogP contribution < -0.4 is 11.5 Å². The molecule has 0 unspecified atom stereocenters. The van der Waals surface area contributed by atoms with Crippen molar-refractivity contribution < 1.29 is 22.8 Å². The Labute approximate surface area is 122 Å². The first-order chi connectivity index (χ1) is 10.2. The molecule has 1 aliphatic carbocycles. The third kappa shape index (κ3) is 1.78. The van der Waals surface area contributed by atoms with Gasteiger partial charge in [-0.3, -0.25) is 9.59 Å². The lowest BCUT2D eigenvalue weighted by molar-refractivity contribution is -0.136. The zero-order chi connectivity index (χ0) is 16.2. The van der Waals surface area contributed by atoms with Crippen LogP contribution in [0.5, 0.6) is 0 Å². The fourth-order valence-corrected chi connectivity index (χ4v) is 2.54. The van der Waals surface area contributed by atoms with E-state index in [4.69, 9.17) is 11.5 Å². The Bertz CT molecular complexity index is 841. The zero-order valence-electron chi connectivity index (χ0n) is 11.0. The number of carbonyl (C=O) groups excluding carboxylic acids is 2. The van der Waals surface area contributed by atoms with Crippen LogP contribution in [0.15, 0.2) is 30.3 Å². The number of anilines is 2. The highest BCUT2D eigenvalue weighted by atomic mass is 19.4. The number of benzene rings is 2. The summed E-state index contributed by atoms with van der Waals surface area (Å²) in [4.78, 5) is 24.8. The normalized spacial score (nSPS) is 13.8. The number of carbonyl (C=O) groups is 2. The van der Waals surface area contributed by atoms with Gasteiger partial charge in [0.2, 0.25) is 0 Å². The van der Waals surface area contributed by atoms with Crippen LogP contribution in [0.4, 0.5) is 24.5 Å². The van der Waals surface area contributed by atoms with Crippen LogP contribution in [0.3, 0.4) is 0 Å². The van der Waals surface area contributed by atoms with Gasteiger partial charge in [-0.05, 0) is 6.07 Å². The lowest BCUT2D eigenvalue weighted by Gasteiger charge is -2.22. The summed E-state index contributed by atoms with van der Waals surface area (Å²) in [5.41, 5.74) is 8.06. The Morgan fingerprint density at radius 1 is 0.818 bits per heavy atom. The molecule has 0 aliphatic heterocycles. The summed E-state index contributed by atoms with van der Waals surface area (Å²) in [7, 11) is 0. The molecule has 22 heavy (non-hydrogen) atoms. The molecule has 0 atom stereocenters. The molecule has 112 valence electrons. The summed E-state index contributed by atoms with van der Waals surface area (Å²) in [5, 5.41) is 0. The van der Waals surface area contributed by atoms with Gasteiger partial charge in [-0.25, -0.2) is 0 Å². The van der Waals surface area contributed by atoms with Crippen molar-refractivity contribution in [3.05, 3.63) is 58.1 Å². The van der Waals surface area contributed by atoms with Crippen LogP contribution in [0.1, 0.15) is 37.4 Å². The Balaban J connectivity index is 2.37. The standard InChI is InChI=1S/C15H9F3N2O2/c16-15(17,18)9-5-8-10(12(20)11(9)19)14(22)7-4-2-1-3-6(7)13(8)21/h1-5H,19-20H2. The van der Waals surface area contributed by atoms with E-state index in [0.29, 0.717) is 6.07 Å². The first kappa shape index (κ1) is 14.1. The molecule has 0 saturated carbocycles. The SMILES string of the molecule is Nc1c(C(F)(F)F)cc2c(c1N)C(=O)c1ccccc1C2=O. The molecule has 7 heteroatoms. The molecule has 2 aromatic rings.